The van der Waals surface area contributed by atoms with Crippen molar-refractivity contribution in [3.63, 3.8) is 0 Å². The zero-order chi connectivity index (χ0) is 17.1. The van der Waals surface area contributed by atoms with E-state index in [1.54, 1.807) is 0 Å². The summed E-state index contributed by atoms with van der Waals surface area (Å²) in [5, 5.41) is 6.97. The van der Waals surface area contributed by atoms with E-state index in [9.17, 15) is 4.79 Å². The number of aromatic nitrogens is 2. The maximum atomic E-state index is 11.5. The van der Waals surface area contributed by atoms with Crippen molar-refractivity contribution in [3.8, 4) is 0 Å². The number of rotatable bonds is 4. The van der Waals surface area contributed by atoms with Gasteiger partial charge in [0.15, 0.2) is 0 Å². The normalized spacial score (nSPS) is 10.4. The summed E-state index contributed by atoms with van der Waals surface area (Å²) in [7, 11) is 0. The van der Waals surface area contributed by atoms with Crippen LogP contribution in [0.2, 0.25) is 0 Å². The van der Waals surface area contributed by atoms with E-state index in [-0.39, 0.29) is 5.91 Å². The number of hydrogen-bond acceptors (Lipinski definition) is 4. The number of fused-ring (bicyclic) bond motifs is 1. The lowest BCUT2D eigenvalue weighted by Gasteiger charge is -2.12. The number of halogens is 1. The third-order valence-corrected chi connectivity index (χ3v) is 4.01. The highest BCUT2D eigenvalue weighted by molar-refractivity contribution is 9.10. The van der Waals surface area contributed by atoms with Gasteiger partial charge in [-0.2, -0.15) is 0 Å². The number of nitrogens with zero attached hydrogens (tertiary/aromatic N) is 2. The second-order valence-electron chi connectivity index (χ2n) is 5.24. The summed E-state index contributed by atoms with van der Waals surface area (Å²) in [6.07, 6.45) is 2.74. The predicted molar refractivity (Wildman–Crippen MR) is 101 cm³/mol. The highest BCUT2D eigenvalue weighted by atomic mass is 79.9. The molecule has 0 atom stereocenters. The third-order valence-electron chi connectivity index (χ3n) is 3.51. The van der Waals surface area contributed by atoms with Crippen LogP contribution in [-0.2, 0) is 4.79 Å². The van der Waals surface area contributed by atoms with Gasteiger partial charge in [-0.05, 0) is 48.9 Å². The first-order valence-electron chi connectivity index (χ1n) is 7.28. The molecule has 0 aliphatic rings. The molecule has 0 spiro atoms. The quantitative estimate of drug-likeness (QED) is 0.648. The van der Waals surface area contributed by atoms with Gasteiger partial charge in [0.2, 0.25) is 5.91 Å². The van der Waals surface area contributed by atoms with Crippen LogP contribution < -0.4 is 10.6 Å². The number of carbonyl (C=O) groups excluding carboxylic acids is 1. The van der Waals surface area contributed by atoms with Crippen LogP contribution in [0, 0.1) is 6.92 Å². The van der Waals surface area contributed by atoms with E-state index in [1.807, 2.05) is 43.3 Å². The fraction of sp³-hybridized carbons (Fsp3) is 0.0556. The molecular formula is C18H15BrN4O. The van der Waals surface area contributed by atoms with Crippen molar-refractivity contribution in [2.45, 2.75) is 6.92 Å². The third kappa shape index (κ3) is 3.44. The maximum absolute atomic E-state index is 11.5. The van der Waals surface area contributed by atoms with Crippen molar-refractivity contribution in [1.29, 1.82) is 0 Å². The second kappa shape index (κ2) is 6.80. The van der Waals surface area contributed by atoms with Gasteiger partial charge in [0.25, 0.3) is 0 Å². The number of benzene rings is 2. The van der Waals surface area contributed by atoms with Gasteiger partial charge in [-0.25, -0.2) is 9.97 Å². The topological polar surface area (TPSA) is 66.9 Å². The molecule has 0 unspecified atom stereocenters. The number of anilines is 3. The Labute approximate surface area is 148 Å². The largest absolute Gasteiger partial charge is 0.340 e. The number of nitrogens with one attached hydrogen (secondary N) is 2. The Hall–Kier alpha value is -2.73. The monoisotopic (exact) mass is 382 g/mol. The number of hydrogen-bond donors (Lipinski definition) is 2. The minimum Gasteiger partial charge on any atom is -0.340 e. The zero-order valence-corrected chi connectivity index (χ0v) is 14.6. The van der Waals surface area contributed by atoms with Crippen LogP contribution in [0.3, 0.4) is 0 Å². The van der Waals surface area contributed by atoms with Crippen LogP contribution >= 0.6 is 15.9 Å². The molecule has 0 aliphatic heterocycles. The number of carbonyl (C=O) groups is 1. The summed E-state index contributed by atoms with van der Waals surface area (Å²) < 4.78 is 0.983. The van der Waals surface area contributed by atoms with Crippen LogP contribution in [0.5, 0.6) is 0 Å². The van der Waals surface area contributed by atoms with E-state index < -0.39 is 0 Å². The standard InChI is InChI=1S/C18H15BrN4O/c1-3-17(24)23-15-9-16-14(7-11(15)2)18(21-10-20-16)22-13-6-4-5-12(19)8-13/h3-10H,1H2,2H3,(H,23,24)(H,20,21,22). The van der Waals surface area contributed by atoms with E-state index in [4.69, 9.17) is 0 Å². The number of aryl methyl sites for hydroxylation is 1. The average molecular weight is 383 g/mol. The molecule has 0 saturated heterocycles. The molecule has 3 rings (SSSR count). The number of amides is 1. The van der Waals surface area contributed by atoms with Gasteiger partial charge in [0.1, 0.15) is 12.1 Å². The molecule has 2 aromatic carbocycles. The molecule has 0 saturated carbocycles. The van der Waals surface area contributed by atoms with Gasteiger partial charge in [-0.15, -0.1) is 0 Å². The Balaban J connectivity index is 2.02. The minimum atomic E-state index is -0.251. The second-order valence-corrected chi connectivity index (χ2v) is 6.15. The lowest BCUT2D eigenvalue weighted by Crippen LogP contribution is -2.08. The first-order valence-corrected chi connectivity index (χ1v) is 8.07. The van der Waals surface area contributed by atoms with E-state index >= 15 is 0 Å². The van der Waals surface area contributed by atoms with Gasteiger partial charge in [-0.3, -0.25) is 4.79 Å². The van der Waals surface area contributed by atoms with Crippen molar-refractivity contribution in [3.05, 3.63) is 65.4 Å². The maximum Gasteiger partial charge on any atom is 0.247 e. The van der Waals surface area contributed by atoms with Crippen molar-refractivity contribution in [2.24, 2.45) is 0 Å². The van der Waals surface area contributed by atoms with Crippen LogP contribution in [0.4, 0.5) is 17.2 Å². The van der Waals surface area contributed by atoms with Crippen LogP contribution in [-0.4, -0.2) is 15.9 Å². The zero-order valence-electron chi connectivity index (χ0n) is 13.0. The molecule has 2 N–H and O–H groups in total. The average Bonchev–Trinajstić information content (AvgIpc) is 2.56. The molecule has 0 aliphatic carbocycles. The molecule has 1 heterocycles. The van der Waals surface area contributed by atoms with E-state index in [0.29, 0.717) is 11.5 Å². The summed E-state index contributed by atoms with van der Waals surface area (Å²) in [6.45, 7) is 5.39. The molecule has 1 aromatic heterocycles. The molecule has 0 bridgehead atoms. The molecule has 1 amide bonds. The SMILES string of the molecule is C=CC(=O)Nc1cc2ncnc(Nc3cccc(Br)c3)c2cc1C. The van der Waals surface area contributed by atoms with Crippen molar-refractivity contribution >= 4 is 49.9 Å². The molecule has 0 radical (unpaired) electrons. The highest BCUT2D eigenvalue weighted by Gasteiger charge is 2.09. The van der Waals surface area contributed by atoms with Crippen molar-refractivity contribution < 1.29 is 4.79 Å². The Morgan fingerprint density at radius 3 is 2.83 bits per heavy atom. The minimum absolute atomic E-state index is 0.251. The van der Waals surface area contributed by atoms with Gasteiger partial charge < -0.3 is 10.6 Å². The van der Waals surface area contributed by atoms with Gasteiger partial charge in [0, 0.05) is 21.2 Å². The lowest BCUT2D eigenvalue weighted by atomic mass is 10.1. The Morgan fingerprint density at radius 2 is 2.08 bits per heavy atom. The summed E-state index contributed by atoms with van der Waals surface area (Å²) in [5.41, 5.74) is 3.29. The predicted octanol–water partition coefficient (Wildman–Crippen LogP) is 4.57. The van der Waals surface area contributed by atoms with E-state index in [2.05, 4.69) is 43.1 Å². The highest BCUT2D eigenvalue weighted by Crippen LogP contribution is 2.28. The fourth-order valence-electron chi connectivity index (χ4n) is 2.33. The molecule has 0 fully saturated rings. The molecule has 24 heavy (non-hydrogen) atoms. The van der Waals surface area contributed by atoms with Crippen LogP contribution in [0.15, 0.2) is 59.9 Å². The summed E-state index contributed by atoms with van der Waals surface area (Å²) in [4.78, 5) is 20.2. The summed E-state index contributed by atoms with van der Waals surface area (Å²) in [5.74, 6) is 0.460. The molecule has 3 aromatic rings. The smallest absolute Gasteiger partial charge is 0.247 e. The van der Waals surface area contributed by atoms with Gasteiger partial charge >= 0.3 is 0 Å². The molecule has 5 nitrogen and oxygen atoms in total. The van der Waals surface area contributed by atoms with Gasteiger partial charge in [0.05, 0.1) is 5.52 Å². The van der Waals surface area contributed by atoms with Crippen LogP contribution in [0.25, 0.3) is 10.9 Å². The Kier molecular flexibility index (Phi) is 4.57. The molecule has 120 valence electrons. The Morgan fingerprint density at radius 1 is 1.25 bits per heavy atom. The van der Waals surface area contributed by atoms with Crippen LogP contribution in [0.1, 0.15) is 5.56 Å². The van der Waals surface area contributed by atoms with Crippen molar-refractivity contribution in [1.82, 2.24) is 9.97 Å². The van der Waals surface area contributed by atoms with Gasteiger partial charge in [-0.1, -0.05) is 28.6 Å². The first kappa shape index (κ1) is 16.1. The molecule has 6 heteroatoms. The van der Waals surface area contributed by atoms with E-state index in [1.165, 1.54) is 12.4 Å². The van der Waals surface area contributed by atoms with Crippen molar-refractivity contribution in [2.75, 3.05) is 10.6 Å². The molecular weight excluding hydrogens is 368 g/mol. The lowest BCUT2D eigenvalue weighted by molar-refractivity contribution is -0.111. The van der Waals surface area contributed by atoms with E-state index in [0.717, 1.165) is 26.6 Å². The fourth-order valence-corrected chi connectivity index (χ4v) is 2.73. The first-order chi connectivity index (χ1) is 11.6. The Bertz CT molecular complexity index is 939. The summed E-state index contributed by atoms with van der Waals surface area (Å²) in [6, 6.07) is 11.6. The summed E-state index contributed by atoms with van der Waals surface area (Å²) >= 11 is 3.46.